The third-order valence-electron chi connectivity index (χ3n) is 3.04. The molecule has 0 aliphatic carbocycles. The lowest BCUT2D eigenvalue weighted by Crippen LogP contribution is -2.22. The summed E-state index contributed by atoms with van der Waals surface area (Å²) in [5, 5.41) is 3.96. The smallest absolute Gasteiger partial charge is 0.258 e. The van der Waals surface area contributed by atoms with Crippen molar-refractivity contribution in [1.29, 1.82) is 0 Å². The molecule has 0 spiro atoms. The molecule has 0 radical (unpaired) electrons. The maximum Gasteiger partial charge on any atom is 0.258 e. The fourth-order valence-electron chi connectivity index (χ4n) is 1.98. The van der Waals surface area contributed by atoms with Crippen LogP contribution in [0.25, 0.3) is 11.5 Å². The summed E-state index contributed by atoms with van der Waals surface area (Å²) in [6.45, 7) is 3.58. The van der Waals surface area contributed by atoms with Crippen LogP contribution in [0.1, 0.15) is 17.5 Å². The van der Waals surface area contributed by atoms with Gasteiger partial charge in [-0.2, -0.15) is 4.98 Å². The van der Waals surface area contributed by atoms with Crippen LogP contribution in [0, 0.1) is 6.92 Å². The molecule has 1 atom stereocenters. The van der Waals surface area contributed by atoms with E-state index in [-0.39, 0.29) is 6.10 Å². The summed E-state index contributed by atoms with van der Waals surface area (Å²) < 4.78 is 16.1. The second kappa shape index (κ2) is 4.99. The minimum Gasteiger partial charge on any atom is -0.399 e. The number of nitrogen functional groups attached to an aromatic ring is 1. The molecule has 2 heterocycles. The van der Waals surface area contributed by atoms with Crippen molar-refractivity contribution in [2.45, 2.75) is 13.0 Å². The third kappa shape index (κ3) is 2.45. The Morgan fingerprint density at radius 1 is 1.32 bits per heavy atom. The number of nitrogens with two attached hydrogens (primary N) is 1. The molecule has 1 aromatic carbocycles. The fraction of sp³-hybridized carbons (Fsp3) is 0.385. The van der Waals surface area contributed by atoms with Gasteiger partial charge in [-0.3, -0.25) is 0 Å². The summed E-state index contributed by atoms with van der Waals surface area (Å²) in [5.41, 5.74) is 8.32. The highest BCUT2D eigenvalue weighted by Crippen LogP contribution is 2.26. The van der Waals surface area contributed by atoms with Crippen LogP contribution in [-0.2, 0) is 9.47 Å². The molecule has 1 saturated heterocycles. The molecule has 19 heavy (non-hydrogen) atoms. The Morgan fingerprint density at radius 3 is 3.00 bits per heavy atom. The van der Waals surface area contributed by atoms with Crippen molar-refractivity contribution in [1.82, 2.24) is 10.1 Å². The Kier molecular flexibility index (Phi) is 3.18. The highest BCUT2D eigenvalue weighted by molar-refractivity contribution is 5.63. The predicted molar refractivity (Wildman–Crippen MR) is 68.4 cm³/mol. The third-order valence-corrected chi connectivity index (χ3v) is 3.04. The normalized spacial score (nSPS) is 19.5. The molecule has 1 fully saturated rings. The molecule has 0 bridgehead atoms. The maximum atomic E-state index is 5.78. The number of rotatable bonds is 2. The van der Waals surface area contributed by atoms with Gasteiger partial charge in [-0.1, -0.05) is 11.2 Å². The zero-order chi connectivity index (χ0) is 13.2. The quantitative estimate of drug-likeness (QED) is 0.829. The molecule has 0 amide bonds. The Bertz CT molecular complexity index is 576. The first-order valence-corrected chi connectivity index (χ1v) is 6.13. The Hall–Kier alpha value is -1.92. The fourth-order valence-corrected chi connectivity index (χ4v) is 1.98. The molecule has 1 aliphatic rings. The van der Waals surface area contributed by atoms with E-state index in [2.05, 4.69) is 10.1 Å². The van der Waals surface area contributed by atoms with Crippen molar-refractivity contribution in [2.75, 3.05) is 25.6 Å². The molecular weight excluding hydrogens is 246 g/mol. The highest BCUT2D eigenvalue weighted by Gasteiger charge is 2.23. The van der Waals surface area contributed by atoms with Gasteiger partial charge in [-0.25, -0.2) is 0 Å². The van der Waals surface area contributed by atoms with Crippen molar-refractivity contribution in [3.63, 3.8) is 0 Å². The van der Waals surface area contributed by atoms with Crippen LogP contribution in [-0.4, -0.2) is 30.0 Å². The average Bonchev–Trinajstić information content (AvgIpc) is 2.92. The van der Waals surface area contributed by atoms with Gasteiger partial charge in [-0.05, 0) is 24.6 Å². The van der Waals surface area contributed by atoms with Crippen LogP contribution in [0.3, 0.4) is 0 Å². The average molecular weight is 261 g/mol. The summed E-state index contributed by atoms with van der Waals surface area (Å²) in [4.78, 5) is 4.37. The van der Waals surface area contributed by atoms with Crippen molar-refractivity contribution in [2.24, 2.45) is 0 Å². The van der Waals surface area contributed by atoms with Gasteiger partial charge in [0.15, 0.2) is 0 Å². The van der Waals surface area contributed by atoms with E-state index in [0.717, 1.165) is 11.1 Å². The van der Waals surface area contributed by atoms with Crippen LogP contribution in [0.4, 0.5) is 5.69 Å². The zero-order valence-electron chi connectivity index (χ0n) is 10.6. The van der Waals surface area contributed by atoms with Gasteiger partial charge in [0.1, 0.15) is 6.10 Å². The van der Waals surface area contributed by atoms with Gasteiger partial charge in [0.05, 0.1) is 19.8 Å². The molecule has 3 rings (SSSR count). The van der Waals surface area contributed by atoms with E-state index in [1.54, 1.807) is 0 Å². The molecule has 100 valence electrons. The Labute approximate surface area is 110 Å². The summed E-state index contributed by atoms with van der Waals surface area (Å²) in [5.74, 6) is 0.963. The number of nitrogens with zero attached hydrogens (tertiary/aromatic N) is 2. The summed E-state index contributed by atoms with van der Waals surface area (Å²) in [6.07, 6.45) is -0.257. The van der Waals surface area contributed by atoms with Gasteiger partial charge >= 0.3 is 0 Å². The maximum absolute atomic E-state index is 5.78. The van der Waals surface area contributed by atoms with Gasteiger partial charge in [-0.15, -0.1) is 0 Å². The Morgan fingerprint density at radius 2 is 2.21 bits per heavy atom. The molecule has 2 aromatic rings. The van der Waals surface area contributed by atoms with Gasteiger partial charge < -0.3 is 19.7 Å². The number of aryl methyl sites for hydroxylation is 1. The molecular formula is C13H15N3O3. The van der Waals surface area contributed by atoms with Crippen molar-refractivity contribution < 1.29 is 14.0 Å². The largest absolute Gasteiger partial charge is 0.399 e. The monoisotopic (exact) mass is 261 g/mol. The molecule has 1 aromatic heterocycles. The lowest BCUT2D eigenvalue weighted by molar-refractivity contribution is -0.0941. The molecule has 6 nitrogen and oxygen atoms in total. The second-order valence-electron chi connectivity index (χ2n) is 4.47. The second-order valence-corrected chi connectivity index (χ2v) is 4.47. The first-order valence-electron chi connectivity index (χ1n) is 6.13. The number of aromatic nitrogens is 2. The van der Waals surface area contributed by atoms with E-state index in [9.17, 15) is 0 Å². The molecule has 1 aliphatic heterocycles. The molecule has 0 saturated carbocycles. The topological polar surface area (TPSA) is 83.4 Å². The number of benzene rings is 1. The van der Waals surface area contributed by atoms with E-state index in [0.29, 0.717) is 37.2 Å². The zero-order valence-corrected chi connectivity index (χ0v) is 10.6. The lowest BCUT2D eigenvalue weighted by atomic mass is 10.1. The Balaban J connectivity index is 1.89. The number of hydrogen-bond donors (Lipinski definition) is 1. The molecule has 6 heteroatoms. The minimum absolute atomic E-state index is 0.257. The van der Waals surface area contributed by atoms with Crippen molar-refractivity contribution in [3.05, 3.63) is 29.6 Å². The van der Waals surface area contributed by atoms with Crippen molar-refractivity contribution in [3.8, 4) is 11.5 Å². The number of anilines is 1. The SMILES string of the molecule is Cc1ccc(N)cc1-c1nc(C2COCCO2)no1. The van der Waals surface area contributed by atoms with Gasteiger partial charge in [0, 0.05) is 11.3 Å². The van der Waals surface area contributed by atoms with Crippen LogP contribution in [0.2, 0.25) is 0 Å². The molecule has 1 unspecified atom stereocenters. The van der Waals surface area contributed by atoms with Crippen LogP contribution < -0.4 is 5.73 Å². The summed E-state index contributed by atoms with van der Waals surface area (Å²) in [7, 11) is 0. The standard InChI is InChI=1S/C13H15N3O3/c1-8-2-3-9(14)6-10(8)13-15-12(16-19-13)11-7-17-4-5-18-11/h2-3,6,11H,4-5,7,14H2,1H3. The number of ether oxygens (including phenoxy) is 2. The van der Waals surface area contributed by atoms with Gasteiger partial charge in [0.25, 0.3) is 5.89 Å². The van der Waals surface area contributed by atoms with Crippen molar-refractivity contribution >= 4 is 5.69 Å². The first kappa shape index (κ1) is 12.1. The van der Waals surface area contributed by atoms with E-state index in [1.807, 2.05) is 25.1 Å². The minimum atomic E-state index is -0.257. The van der Waals surface area contributed by atoms with Crippen LogP contribution >= 0.6 is 0 Å². The van der Waals surface area contributed by atoms with E-state index in [1.165, 1.54) is 0 Å². The van der Waals surface area contributed by atoms with Crippen LogP contribution in [0.5, 0.6) is 0 Å². The lowest BCUT2D eigenvalue weighted by Gasteiger charge is -2.19. The van der Waals surface area contributed by atoms with Gasteiger partial charge in [0.2, 0.25) is 5.82 Å². The number of hydrogen-bond acceptors (Lipinski definition) is 6. The summed E-state index contributed by atoms with van der Waals surface area (Å²) in [6, 6.07) is 5.59. The van der Waals surface area contributed by atoms with E-state index < -0.39 is 0 Å². The highest BCUT2D eigenvalue weighted by atomic mass is 16.6. The first-order chi connectivity index (χ1) is 9.24. The predicted octanol–water partition coefficient (Wildman–Crippen LogP) is 1.72. The molecule has 2 N–H and O–H groups in total. The van der Waals surface area contributed by atoms with E-state index >= 15 is 0 Å². The van der Waals surface area contributed by atoms with E-state index in [4.69, 9.17) is 19.7 Å². The van der Waals surface area contributed by atoms with Crippen LogP contribution in [0.15, 0.2) is 22.7 Å². The summed E-state index contributed by atoms with van der Waals surface area (Å²) >= 11 is 0.